The normalized spacial score (nSPS) is 10.9. The van der Waals surface area contributed by atoms with E-state index in [4.69, 9.17) is 27.9 Å². The first kappa shape index (κ1) is 19.6. The molecule has 0 unspecified atom stereocenters. The highest BCUT2D eigenvalue weighted by atomic mass is 79.9. The molecule has 2 aromatic carbocycles. The zero-order valence-corrected chi connectivity index (χ0v) is 16.5. The second-order valence-corrected chi connectivity index (χ2v) is 6.62. The minimum absolute atomic E-state index is 0.110. The number of amides is 1. The van der Waals surface area contributed by atoms with Crippen LogP contribution in [0.15, 0.2) is 33.8 Å². The van der Waals surface area contributed by atoms with E-state index in [-0.39, 0.29) is 27.1 Å². The summed E-state index contributed by atoms with van der Waals surface area (Å²) < 4.78 is 6.11. The predicted octanol–water partition coefficient (Wildman–Crippen LogP) is 4.93. The number of hydrogen-bond acceptors (Lipinski definition) is 4. The van der Waals surface area contributed by atoms with Crippen molar-refractivity contribution in [2.75, 3.05) is 6.61 Å². The van der Waals surface area contributed by atoms with Crippen LogP contribution in [-0.2, 0) is 0 Å². The lowest BCUT2D eigenvalue weighted by molar-refractivity contribution is 0.0954. The van der Waals surface area contributed by atoms with Crippen molar-refractivity contribution in [2.24, 2.45) is 5.10 Å². The molecule has 8 heteroatoms. The third-order valence-corrected chi connectivity index (χ3v) is 5.03. The lowest BCUT2D eigenvalue weighted by Crippen LogP contribution is -2.18. The summed E-state index contributed by atoms with van der Waals surface area (Å²) in [6.07, 6.45) is 1.22. The third kappa shape index (κ3) is 4.45. The number of halogens is 3. The van der Waals surface area contributed by atoms with E-state index < -0.39 is 5.91 Å². The molecule has 1 amide bonds. The standard InChI is InChI=1S/C17H15BrCl2N2O3/c1-3-25-14-7-13(19)15(20)11(16(14)23)8-21-22-17(24)10-5-4-6-12(18)9(10)2/h4-8,23H,3H2,1-2H3,(H,22,24)/b21-8+. The molecule has 0 heterocycles. The van der Waals surface area contributed by atoms with Crippen molar-refractivity contribution in [1.82, 2.24) is 5.43 Å². The van der Waals surface area contributed by atoms with Gasteiger partial charge in [-0.25, -0.2) is 5.43 Å². The largest absolute Gasteiger partial charge is 0.504 e. The Hall–Kier alpha value is -1.76. The van der Waals surface area contributed by atoms with E-state index in [2.05, 4.69) is 26.5 Å². The van der Waals surface area contributed by atoms with Gasteiger partial charge in [0.05, 0.1) is 28.4 Å². The molecule has 0 spiro atoms. The zero-order valence-electron chi connectivity index (χ0n) is 13.4. The van der Waals surface area contributed by atoms with Gasteiger partial charge in [-0.15, -0.1) is 0 Å². The van der Waals surface area contributed by atoms with E-state index in [0.717, 1.165) is 10.0 Å². The number of hydrazone groups is 1. The molecule has 0 saturated carbocycles. The molecule has 0 aliphatic heterocycles. The molecular weight excluding hydrogens is 431 g/mol. The fourth-order valence-corrected chi connectivity index (χ4v) is 2.82. The number of benzene rings is 2. The Morgan fingerprint density at radius 2 is 2.16 bits per heavy atom. The van der Waals surface area contributed by atoms with E-state index in [9.17, 15) is 9.90 Å². The number of aromatic hydroxyl groups is 1. The summed E-state index contributed by atoms with van der Waals surface area (Å²) in [6, 6.07) is 6.70. The lowest BCUT2D eigenvalue weighted by Gasteiger charge is -2.11. The maximum Gasteiger partial charge on any atom is 0.271 e. The highest BCUT2D eigenvalue weighted by Crippen LogP contribution is 2.39. The van der Waals surface area contributed by atoms with Gasteiger partial charge in [0.15, 0.2) is 11.5 Å². The van der Waals surface area contributed by atoms with Gasteiger partial charge in [-0.1, -0.05) is 45.2 Å². The van der Waals surface area contributed by atoms with Crippen LogP contribution < -0.4 is 10.2 Å². The molecule has 0 aliphatic rings. The van der Waals surface area contributed by atoms with Crippen molar-refractivity contribution < 1.29 is 14.6 Å². The average Bonchev–Trinajstić information content (AvgIpc) is 2.58. The van der Waals surface area contributed by atoms with Crippen molar-refractivity contribution in [2.45, 2.75) is 13.8 Å². The Kier molecular flexibility index (Phi) is 6.70. The summed E-state index contributed by atoms with van der Waals surface area (Å²) in [7, 11) is 0. The molecule has 2 rings (SSSR count). The van der Waals surface area contributed by atoms with Crippen LogP contribution in [0.1, 0.15) is 28.4 Å². The maximum absolute atomic E-state index is 12.2. The predicted molar refractivity (Wildman–Crippen MR) is 103 cm³/mol. The fraction of sp³-hybridized carbons (Fsp3) is 0.176. The average molecular weight is 446 g/mol. The van der Waals surface area contributed by atoms with Crippen LogP contribution in [-0.4, -0.2) is 23.8 Å². The van der Waals surface area contributed by atoms with Crippen LogP contribution >= 0.6 is 39.1 Å². The molecule has 0 aliphatic carbocycles. The summed E-state index contributed by atoms with van der Waals surface area (Å²) in [5.41, 5.74) is 3.82. The number of nitrogens with one attached hydrogen (secondary N) is 1. The van der Waals surface area contributed by atoms with Crippen molar-refractivity contribution in [1.29, 1.82) is 0 Å². The topological polar surface area (TPSA) is 70.9 Å². The van der Waals surface area contributed by atoms with Crippen molar-refractivity contribution in [3.8, 4) is 11.5 Å². The summed E-state index contributed by atoms with van der Waals surface area (Å²) in [4.78, 5) is 12.2. The molecule has 25 heavy (non-hydrogen) atoms. The number of phenols is 1. The van der Waals surface area contributed by atoms with E-state index in [1.165, 1.54) is 12.3 Å². The number of rotatable bonds is 5. The summed E-state index contributed by atoms with van der Waals surface area (Å²) >= 11 is 15.5. The van der Waals surface area contributed by atoms with Crippen LogP contribution in [0.25, 0.3) is 0 Å². The molecule has 2 aromatic rings. The molecule has 5 nitrogen and oxygen atoms in total. The van der Waals surface area contributed by atoms with Gasteiger partial charge in [0.1, 0.15) is 0 Å². The Balaban J connectivity index is 2.25. The maximum atomic E-state index is 12.2. The molecule has 0 fully saturated rings. The molecule has 0 atom stereocenters. The molecule has 132 valence electrons. The van der Waals surface area contributed by atoms with Gasteiger partial charge in [0.25, 0.3) is 5.91 Å². The van der Waals surface area contributed by atoms with Crippen molar-refractivity contribution in [3.05, 3.63) is 55.5 Å². The third-order valence-electron chi connectivity index (χ3n) is 3.36. The van der Waals surface area contributed by atoms with Crippen LogP contribution in [0.5, 0.6) is 11.5 Å². The Labute approximate surface area is 163 Å². The molecule has 0 radical (unpaired) electrons. The summed E-state index contributed by atoms with van der Waals surface area (Å²) in [6.45, 7) is 3.94. The number of phenolic OH excluding ortho intramolecular Hbond substituents is 1. The zero-order chi connectivity index (χ0) is 18.6. The van der Waals surface area contributed by atoms with E-state index >= 15 is 0 Å². The molecule has 2 N–H and O–H groups in total. The van der Waals surface area contributed by atoms with Crippen molar-refractivity contribution in [3.63, 3.8) is 0 Å². The first-order valence-electron chi connectivity index (χ1n) is 7.29. The number of carbonyl (C=O) groups excluding carboxylic acids is 1. The smallest absolute Gasteiger partial charge is 0.271 e. The quantitative estimate of drug-likeness (QED) is 0.506. The second kappa shape index (κ2) is 8.56. The molecule has 0 bridgehead atoms. The van der Waals surface area contributed by atoms with Crippen LogP contribution in [0.2, 0.25) is 10.0 Å². The minimum atomic E-state index is -0.391. The van der Waals surface area contributed by atoms with Gasteiger partial charge in [0, 0.05) is 16.1 Å². The van der Waals surface area contributed by atoms with Gasteiger partial charge in [-0.3, -0.25) is 4.79 Å². The van der Waals surface area contributed by atoms with Crippen LogP contribution in [0.4, 0.5) is 0 Å². The highest BCUT2D eigenvalue weighted by Gasteiger charge is 2.16. The second-order valence-electron chi connectivity index (χ2n) is 4.98. The van der Waals surface area contributed by atoms with Gasteiger partial charge in [0.2, 0.25) is 0 Å². The first-order valence-corrected chi connectivity index (χ1v) is 8.84. The van der Waals surface area contributed by atoms with Crippen LogP contribution in [0, 0.1) is 6.92 Å². The van der Waals surface area contributed by atoms with Gasteiger partial charge in [-0.2, -0.15) is 5.10 Å². The number of hydrogen-bond donors (Lipinski definition) is 2. The SMILES string of the molecule is CCOc1cc(Cl)c(Cl)c(/C=N/NC(=O)c2cccc(Br)c2C)c1O. The van der Waals surface area contributed by atoms with E-state index in [1.807, 2.05) is 13.0 Å². The lowest BCUT2D eigenvalue weighted by atomic mass is 10.1. The van der Waals surface area contributed by atoms with E-state index in [0.29, 0.717) is 12.2 Å². The summed E-state index contributed by atoms with van der Waals surface area (Å²) in [5.74, 6) is -0.405. The Morgan fingerprint density at radius 1 is 1.44 bits per heavy atom. The van der Waals surface area contributed by atoms with Gasteiger partial charge < -0.3 is 9.84 Å². The van der Waals surface area contributed by atoms with Gasteiger partial charge >= 0.3 is 0 Å². The fourth-order valence-electron chi connectivity index (χ4n) is 2.06. The minimum Gasteiger partial charge on any atom is -0.504 e. The number of ether oxygens (including phenoxy) is 1. The molecule has 0 aromatic heterocycles. The number of carbonyl (C=O) groups is 1. The van der Waals surface area contributed by atoms with Crippen LogP contribution in [0.3, 0.4) is 0 Å². The van der Waals surface area contributed by atoms with Crippen molar-refractivity contribution >= 4 is 51.3 Å². The molecule has 0 saturated heterocycles. The Bertz CT molecular complexity index is 841. The first-order chi connectivity index (χ1) is 11.9. The monoisotopic (exact) mass is 444 g/mol. The molecular formula is C17H15BrCl2N2O3. The highest BCUT2D eigenvalue weighted by molar-refractivity contribution is 9.10. The number of nitrogens with zero attached hydrogens (tertiary/aromatic N) is 1. The van der Waals surface area contributed by atoms with E-state index in [1.54, 1.807) is 19.1 Å². The Morgan fingerprint density at radius 3 is 2.84 bits per heavy atom. The summed E-state index contributed by atoms with van der Waals surface area (Å²) in [5, 5.41) is 14.4. The van der Waals surface area contributed by atoms with Gasteiger partial charge in [-0.05, 0) is 31.5 Å².